The fourth-order valence-corrected chi connectivity index (χ4v) is 1.25. The van der Waals surface area contributed by atoms with Crippen LogP contribution in [0.25, 0.3) is 0 Å². The Morgan fingerprint density at radius 2 is 2.24 bits per heavy atom. The van der Waals surface area contributed by atoms with Gasteiger partial charge in [0.25, 0.3) is 0 Å². The van der Waals surface area contributed by atoms with Crippen molar-refractivity contribution in [3.8, 4) is 0 Å². The predicted molar refractivity (Wildman–Crippen MR) is 71.1 cm³/mol. The van der Waals surface area contributed by atoms with Gasteiger partial charge in [0.05, 0.1) is 12.9 Å². The summed E-state index contributed by atoms with van der Waals surface area (Å²) in [6, 6.07) is 0. The third-order valence-electron chi connectivity index (χ3n) is 2.14. The second kappa shape index (κ2) is 7.34. The van der Waals surface area contributed by atoms with Crippen LogP contribution in [0, 0.1) is 0 Å². The molecular weight excluding hydrogens is 212 g/mol. The average Bonchev–Trinajstić information content (AvgIpc) is 2.57. The van der Waals surface area contributed by atoms with E-state index in [-0.39, 0.29) is 0 Å². The standard InChI is InChI=1S/C15H18O2/c1-4-9-15(12-13(2)16-3)17-14-10-7-5-6-8-11-14/h4-5,7-12H,1,6H2,2-3H3/b13-12+,15-9+. The number of hydrogen-bond donors (Lipinski definition) is 0. The summed E-state index contributed by atoms with van der Waals surface area (Å²) in [7, 11) is 1.63. The smallest absolute Gasteiger partial charge is 0.130 e. The van der Waals surface area contributed by atoms with Crippen LogP contribution in [0.3, 0.4) is 0 Å². The molecule has 17 heavy (non-hydrogen) atoms. The quantitative estimate of drug-likeness (QED) is 0.524. The first-order valence-corrected chi connectivity index (χ1v) is 5.52. The molecule has 0 spiro atoms. The lowest BCUT2D eigenvalue weighted by atomic mass is 10.3. The second-order valence-electron chi connectivity index (χ2n) is 3.50. The number of hydrogen-bond acceptors (Lipinski definition) is 2. The molecule has 0 aliphatic heterocycles. The summed E-state index contributed by atoms with van der Waals surface area (Å²) < 4.78 is 10.8. The van der Waals surface area contributed by atoms with Crippen molar-refractivity contribution < 1.29 is 9.47 Å². The van der Waals surface area contributed by atoms with E-state index in [0.29, 0.717) is 5.76 Å². The van der Waals surface area contributed by atoms with Crippen LogP contribution in [0.15, 0.2) is 72.5 Å². The topological polar surface area (TPSA) is 18.5 Å². The summed E-state index contributed by atoms with van der Waals surface area (Å²) in [4.78, 5) is 0. The van der Waals surface area contributed by atoms with E-state index in [1.54, 1.807) is 19.3 Å². The van der Waals surface area contributed by atoms with Crippen molar-refractivity contribution in [1.82, 2.24) is 0 Å². The largest absolute Gasteiger partial charge is 0.501 e. The normalized spacial score (nSPS) is 16.2. The fourth-order valence-electron chi connectivity index (χ4n) is 1.25. The van der Waals surface area contributed by atoms with E-state index in [2.05, 4.69) is 12.7 Å². The Morgan fingerprint density at radius 3 is 2.94 bits per heavy atom. The molecule has 2 heteroatoms. The summed E-state index contributed by atoms with van der Waals surface area (Å²) in [5.41, 5.74) is 0. The highest BCUT2D eigenvalue weighted by Crippen LogP contribution is 2.14. The van der Waals surface area contributed by atoms with Gasteiger partial charge in [-0.15, -0.1) is 0 Å². The van der Waals surface area contributed by atoms with E-state index in [9.17, 15) is 0 Å². The van der Waals surface area contributed by atoms with Gasteiger partial charge in [-0.2, -0.15) is 0 Å². The molecule has 1 aliphatic rings. The first kappa shape index (κ1) is 13.1. The van der Waals surface area contributed by atoms with Gasteiger partial charge in [-0.05, 0) is 31.6 Å². The Kier molecular flexibility index (Phi) is 5.66. The molecule has 0 saturated carbocycles. The summed E-state index contributed by atoms with van der Waals surface area (Å²) in [5, 5.41) is 0. The number of rotatable bonds is 5. The van der Waals surface area contributed by atoms with Crippen molar-refractivity contribution >= 4 is 0 Å². The molecule has 0 aromatic rings. The molecule has 0 N–H and O–H groups in total. The number of ether oxygens (including phenoxy) is 2. The van der Waals surface area contributed by atoms with E-state index < -0.39 is 0 Å². The van der Waals surface area contributed by atoms with Crippen LogP contribution < -0.4 is 0 Å². The Hall–Kier alpha value is -1.96. The summed E-state index contributed by atoms with van der Waals surface area (Å²) in [6.45, 7) is 5.54. The fraction of sp³-hybridized carbons (Fsp3) is 0.200. The number of methoxy groups -OCH3 is 1. The zero-order valence-corrected chi connectivity index (χ0v) is 10.3. The van der Waals surface area contributed by atoms with Crippen LogP contribution in [0.5, 0.6) is 0 Å². The zero-order chi connectivity index (χ0) is 12.5. The molecule has 0 amide bonds. The van der Waals surface area contributed by atoms with Gasteiger partial charge in [-0.1, -0.05) is 30.9 Å². The molecular formula is C15H18O2. The maximum absolute atomic E-state index is 5.74. The van der Waals surface area contributed by atoms with Gasteiger partial charge in [0, 0.05) is 6.08 Å². The Labute approximate surface area is 103 Å². The van der Waals surface area contributed by atoms with E-state index in [1.807, 2.05) is 37.3 Å². The van der Waals surface area contributed by atoms with Crippen LogP contribution in [-0.4, -0.2) is 7.11 Å². The van der Waals surface area contributed by atoms with E-state index >= 15 is 0 Å². The summed E-state index contributed by atoms with van der Waals surface area (Å²) >= 11 is 0. The van der Waals surface area contributed by atoms with Gasteiger partial charge in [-0.25, -0.2) is 0 Å². The third kappa shape index (κ3) is 5.07. The predicted octanol–water partition coefficient (Wildman–Crippen LogP) is 4.02. The minimum Gasteiger partial charge on any atom is -0.501 e. The van der Waals surface area contributed by atoms with Gasteiger partial charge in [0.2, 0.25) is 0 Å². The van der Waals surface area contributed by atoms with Gasteiger partial charge < -0.3 is 9.47 Å². The lowest BCUT2D eigenvalue weighted by Crippen LogP contribution is -1.90. The summed E-state index contributed by atoms with van der Waals surface area (Å²) in [5.74, 6) is 2.28. The van der Waals surface area contributed by atoms with E-state index in [4.69, 9.17) is 9.47 Å². The van der Waals surface area contributed by atoms with Gasteiger partial charge >= 0.3 is 0 Å². The van der Waals surface area contributed by atoms with Crippen molar-refractivity contribution in [1.29, 1.82) is 0 Å². The average molecular weight is 230 g/mol. The molecule has 0 radical (unpaired) electrons. The Balaban J connectivity index is 2.80. The maximum Gasteiger partial charge on any atom is 0.130 e. The van der Waals surface area contributed by atoms with Crippen molar-refractivity contribution in [2.45, 2.75) is 13.3 Å². The highest BCUT2D eigenvalue weighted by Gasteiger charge is 1.99. The molecule has 0 heterocycles. The lowest BCUT2D eigenvalue weighted by molar-refractivity contribution is 0.284. The lowest BCUT2D eigenvalue weighted by Gasteiger charge is -2.07. The summed E-state index contributed by atoms with van der Waals surface area (Å²) in [6.07, 6.45) is 16.2. The highest BCUT2D eigenvalue weighted by atomic mass is 16.5. The minimum absolute atomic E-state index is 0.700. The van der Waals surface area contributed by atoms with E-state index in [0.717, 1.165) is 17.9 Å². The van der Waals surface area contributed by atoms with Gasteiger partial charge in [0.15, 0.2) is 0 Å². The Bertz CT molecular complexity index is 407. The molecule has 2 nitrogen and oxygen atoms in total. The molecule has 0 saturated heterocycles. The number of allylic oxidation sites excluding steroid dienone is 9. The first-order valence-electron chi connectivity index (χ1n) is 5.52. The molecule has 0 atom stereocenters. The Morgan fingerprint density at radius 1 is 1.41 bits per heavy atom. The molecule has 0 fully saturated rings. The molecule has 0 aromatic carbocycles. The monoisotopic (exact) mass is 230 g/mol. The van der Waals surface area contributed by atoms with Crippen LogP contribution in [0.1, 0.15) is 13.3 Å². The minimum atomic E-state index is 0.700. The molecule has 0 unspecified atom stereocenters. The van der Waals surface area contributed by atoms with Crippen molar-refractivity contribution in [2.24, 2.45) is 0 Å². The highest BCUT2D eigenvalue weighted by molar-refractivity contribution is 5.27. The van der Waals surface area contributed by atoms with Crippen LogP contribution in [0.4, 0.5) is 0 Å². The molecule has 1 aliphatic carbocycles. The van der Waals surface area contributed by atoms with E-state index in [1.165, 1.54) is 0 Å². The maximum atomic E-state index is 5.74. The van der Waals surface area contributed by atoms with Gasteiger partial charge in [0.1, 0.15) is 11.5 Å². The van der Waals surface area contributed by atoms with Crippen LogP contribution >= 0.6 is 0 Å². The SMILES string of the molecule is C=C/C=C(\C=C(/C)OC)OC1=CC=CCC=C1. The zero-order valence-electron chi connectivity index (χ0n) is 10.3. The second-order valence-corrected chi connectivity index (χ2v) is 3.50. The van der Waals surface area contributed by atoms with Crippen molar-refractivity contribution in [3.05, 3.63) is 72.5 Å². The van der Waals surface area contributed by atoms with Crippen molar-refractivity contribution in [2.75, 3.05) is 7.11 Å². The molecule has 0 aromatic heterocycles. The third-order valence-corrected chi connectivity index (χ3v) is 2.14. The molecule has 1 rings (SSSR count). The molecule has 0 bridgehead atoms. The van der Waals surface area contributed by atoms with Crippen LogP contribution in [-0.2, 0) is 9.47 Å². The molecule has 90 valence electrons. The van der Waals surface area contributed by atoms with Crippen molar-refractivity contribution in [3.63, 3.8) is 0 Å². The first-order chi connectivity index (χ1) is 8.26. The van der Waals surface area contributed by atoms with Gasteiger partial charge in [-0.3, -0.25) is 0 Å². The van der Waals surface area contributed by atoms with Crippen LogP contribution in [0.2, 0.25) is 0 Å².